The van der Waals surface area contributed by atoms with Gasteiger partial charge in [0.2, 0.25) is 5.91 Å². The van der Waals surface area contributed by atoms with Crippen LogP contribution in [0.4, 0.5) is 4.39 Å². The summed E-state index contributed by atoms with van der Waals surface area (Å²) >= 11 is 0. The molecule has 0 spiro atoms. The predicted molar refractivity (Wildman–Crippen MR) is 103 cm³/mol. The van der Waals surface area contributed by atoms with Crippen LogP contribution in [0.25, 0.3) is 0 Å². The lowest BCUT2D eigenvalue weighted by Crippen LogP contribution is -2.37. The topological polar surface area (TPSA) is 43.8 Å². The minimum Gasteiger partial charge on any atom is -0.392 e. The van der Waals surface area contributed by atoms with E-state index in [9.17, 15) is 9.18 Å². The minimum atomic E-state index is -0.244. The van der Waals surface area contributed by atoms with Gasteiger partial charge in [-0.1, -0.05) is 36.4 Å². The molecule has 3 rings (SSSR count). The lowest BCUT2D eigenvalue weighted by Gasteiger charge is -2.22. The van der Waals surface area contributed by atoms with Crippen molar-refractivity contribution in [3.05, 3.63) is 71.0 Å². The highest BCUT2D eigenvalue weighted by Gasteiger charge is 2.26. The summed E-state index contributed by atoms with van der Waals surface area (Å²) in [5.41, 5.74) is 3.17. The number of aliphatic hydroxyl groups excluding tert-OH is 1. The summed E-state index contributed by atoms with van der Waals surface area (Å²) < 4.78 is 13.0. The maximum atomic E-state index is 13.0. The van der Waals surface area contributed by atoms with Gasteiger partial charge < -0.3 is 10.0 Å². The molecule has 1 heterocycles. The van der Waals surface area contributed by atoms with Gasteiger partial charge in [0.1, 0.15) is 5.82 Å². The molecule has 0 aromatic heterocycles. The molecule has 27 heavy (non-hydrogen) atoms. The standard InChI is InChI=1S/C22H27FN2O2/c1-24(13-18-6-8-21(23)9-7-18)15-22(27)25-11-10-20(14-25)12-17-2-4-19(16-26)5-3-17/h2-9,20,26H,10-16H2,1H3. The molecule has 0 aliphatic carbocycles. The molecular formula is C22H27FN2O2. The molecule has 1 fully saturated rings. The lowest BCUT2D eigenvalue weighted by atomic mass is 9.98. The van der Waals surface area contributed by atoms with Crippen molar-refractivity contribution in [3.63, 3.8) is 0 Å². The number of aliphatic hydroxyl groups is 1. The van der Waals surface area contributed by atoms with Crippen molar-refractivity contribution in [1.82, 2.24) is 9.80 Å². The quantitative estimate of drug-likeness (QED) is 0.815. The van der Waals surface area contributed by atoms with E-state index in [1.165, 1.54) is 17.7 Å². The van der Waals surface area contributed by atoms with Crippen LogP contribution in [0.2, 0.25) is 0 Å². The molecular weight excluding hydrogens is 343 g/mol. The predicted octanol–water partition coefficient (Wildman–Crippen LogP) is 2.84. The Labute approximate surface area is 160 Å². The van der Waals surface area contributed by atoms with E-state index in [4.69, 9.17) is 5.11 Å². The Morgan fingerprint density at radius 2 is 1.74 bits per heavy atom. The Morgan fingerprint density at radius 3 is 2.41 bits per heavy atom. The Morgan fingerprint density at radius 1 is 1.11 bits per heavy atom. The Bertz CT molecular complexity index is 746. The molecule has 5 heteroatoms. The number of likely N-dealkylation sites (N-methyl/N-ethyl adjacent to an activating group) is 1. The van der Waals surface area contributed by atoms with E-state index in [1.54, 1.807) is 12.1 Å². The largest absolute Gasteiger partial charge is 0.392 e. The molecule has 0 bridgehead atoms. The van der Waals surface area contributed by atoms with Crippen LogP contribution in [0.15, 0.2) is 48.5 Å². The lowest BCUT2D eigenvalue weighted by molar-refractivity contribution is -0.131. The second kappa shape index (κ2) is 9.11. The number of nitrogens with zero attached hydrogens (tertiary/aromatic N) is 2. The number of amides is 1. The number of carbonyl (C=O) groups excluding carboxylic acids is 1. The van der Waals surface area contributed by atoms with Gasteiger partial charge in [-0.2, -0.15) is 0 Å². The van der Waals surface area contributed by atoms with Crippen LogP contribution in [-0.2, 0) is 24.4 Å². The van der Waals surface area contributed by atoms with Crippen molar-refractivity contribution < 1.29 is 14.3 Å². The number of hydrogen-bond donors (Lipinski definition) is 1. The van der Waals surface area contributed by atoms with E-state index in [0.717, 1.165) is 37.1 Å². The average Bonchev–Trinajstić information content (AvgIpc) is 3.13. The van der Waals surface area contributed by atoms with Crippen LogP contribution >= 0.6 is 0 Å². The molecule has 144 valence electrons. The molecule has 1 atom stereocenters. The van der Waals surface area contributed by atoms with Gasteiger partial charge in [-0.15, -0.1) is 0 Å². The zero-order valence-electron chi connectivity index (χ0n) is 15.8. The van der Waals surface area contributed by atoms with Crippen LogP contribution in [0.3, 0.4) is 0 Å². The smallest absolute Gasteiger partial charge is 0.236 e. The average molecular weight is 370 g/mol. The number of halogens is 1. The van der Waals surface area contributed by atoms with Crippen LogP contribution < -0.4 is 0 Å². The van der Waals surface area contributed by atoms with Crippen LogP contribution in [0.5, 0.6) is 0 Å². The molecule has 0 radical (unpaired) electrons. The van der Waals surface area contributed by atoms with Gasteiger partial charge in [-0.3, -0.25) is 9.69 Å². The van der Waals surface area contributed by atoms with Gasteiger partial charge in [0.15, 0.2) is 0 Å². The van der Waals surface area contributed by atoms with Crippen LogP contribution in [0.1, 0.15) is 23.1 Å². The summed E-state index contributed by atoms with van der Waals surface area (Å²) in [7, 11) is 1.91. The summed E-state index contributed by atoms with van der Waals surface area (Å²) in [6.45, 7) is 2.67. The van der Waals surface area contributed by atoms with Gasteiger partial charge in [0, 0.05) is 19.6 Å². The Kier molecular flexibility index (Phi) is 6.58. The zero-order chi connectivity index (χ0) is 19.2. The molecule has 2 aromatic rings. The van der Waals surface area contributed by atoms with Crippen molar-refractivity contribution in [1.29, 1.82) is 0 Å². The number of likely N-dealkylation sites (tertiary alicyclic amines) is 1. The van der Waals surface area contributed by atoms with Gasteiger partial charge in [0.25, 0.3) is 0 Å². The second-order valence-corrected chi connectivity index (χ2v) is 7.47. The molecule has 1 unspecified atom stereocenters. The fourth-order valence-corrected chi connectivity index (χ4v) is 3.63. The van der Waals surface area contributed by atoms with E-state index in [1.807, 2.05) is 29.0 Å². The third kappa shape index (κ3) is 5.62. The highest BCUT2D eigenvalue weighted by atomic mass is 19.1. The molecule has 4 nitrogen and oxygen atoms in total. The summed E-state index contributed by atoms with van der Waals surface area (Å²) in [4.78, 5) is 16.5. The van der Waals surface area contributed by atoms with Crippen molar-refractivity contribution in [2.75, 3.05) is 26.7 Å². The molecule has 1 saturated heterocycles. The zero-order valence-corrected chi connectivity index (χ0v) is 15.8. The molecule has 1 aliphatic rings. The van der Waals surface area contributed by atoms with Crippen molar-refractivity contribution in [2.45, 2.75) is 26.0 Å². The number of carbonyl (C=O) groups is 1. The minimum absolute atomic E-state index is 0.0669. The van der Waals surface area contributed by atoms with Gasteiger partial charge in [-0.05, 0) is 54.6 Å². The molecule has 1 amide bonds. The number of rotatable bonds is 7. The first-order valence-electron chi connectivity index (χ1n) is 9.43. The van der Waals surface area contributed by atoms with E-state index in [2.05, 4.69) is 12.1 Å². The third-order valence-electron chi connectivity index (χ3n) is 5.14. The first kappa shape index (κ1) is 19.5. The SMILES string of the molecule is CN(CC(=O)N1CCC(Cc2ccc(CO)cc2)C1)Cc1ccc(F)cc1. The van der Waals surface area contributed by atoms with Gasteiger partial charge >= 0.3 is 0 Å². The number of hydrogen-bond acceptors (Lipinski definition) is 3. The van der Waals surface area contributed by atoms with E-state index in [0.29, 0.717) is 19.0 Å². The van der Waals surface area contributed by atoms with Gasteiger partial charge in [-0.25, -0.2) is 4.39 Å². The maximum Gasteiger partial charge on any atom is 0.236 e. The fourth-order valence-electron chi connectivity index (χ4n) is 3.63. The molecule has 2 aromatic carbocycles. The monoisotopic (exact) mass is 370 g/mol. The third-order valence-corrected chi connectivity index (χ3v) is 5.14. The van der Waals surface area contributed by atoms with E-state index < -0.39 is 0 Å². The highest BCUT2D eigenvalue weighted by molar-refractivity contribution is 5.78. The second-order valence-electron chi connectivity index (χ2n) is 7.47. The van der Waals surface area contributed by atoms with Crippen LogP contribution in [-0.4, -0.2) is 47.5 Å². The fraction of sp³-hybridized carbons (Fsp3) is 0.409. The molecule has 0 saturated carbocycles. The summed E-state index contributed by atoms with van der Waals surface area (Å²) in [5.74, 6) is 0.390. The Hall–Kier alpha value is -2.24. The van der Waals surface area contributed by atoms with Crippen LogP contribution in [0, 0.1) is 11.7 Å². The summed E-state index contributed by atoms with van der Waals surface area (Å²) in [6, 6.07) is 14.4. The molecule has 1 aliphatic heterocycles. The highest BCUT2D eigenvalue weighted by Crippen LogP contribution is 2.21. The Balaban J connectivity index is 1.45. The summed E-state index contributed by atoms with van der Waals surface area (Å²) in [5, 5.41) is 9.12. The van der Waals surface area contributed by atoms with Crippen molar-refractivity contribution in [2.24, 2.45) is 5.92 Å². The van der Waals surface area contributed by atoms with Gasteiger partial charge in [0.05, 0.1) is 13.2 Å². The normalized spacial score (nSPS) is 16.9. The van der Waals surface area contributed by atoms with Crippen molar-refractivity contribution >= 4 is 5.91 Å². The first-order chi connectivity index (χ1) is 13.0. The maximum absolute atomic E-state index is 13.0. The number of benzene rings is 2. The van der Waals surface area contributed by atoms with E-state index >= 15 is 0 Å². The molecule has 1 N–H and O–H groups in total. The van der Waals surface area contributed by atoms with E-state index in [-0.39, 0.29) is 18.3 Å². The first-order valence-corrected chi connectivity index (χ1v) is 9.43. The summed E-state index contributed by atoms with van der Waals surface area (Å²) in [6.07, 6.45) is 1.98. The van der Waals surface area contributed by atoms with Crippen molar-refractivity contribution in [3.8, 4) is 0 Å².